The Morgan fingerprint density at radius 1 is 1.12 bits per heavy atom. The number of fused-ring (bicyclic) bond motifs is 1. The van der Waals surface area contributed by atoms with E-state index in [9.17, 15) is 8.42 Å². The summed E-state index contributed by atoms with van der Waals surface area (Å²) in [5.74, 6) is 0.686. The van der Waals surface area contributed by atoms with Gasteiger partial charge in [-0.3, -0.25) is 4.99 Å². The quantitative estimate of drug-likeness (QED) is 0.644. The first-order valence-electron chi connectivity index (χ1n) is 11.6. The fourth-order valence-corrected chi connectivity index (χ4v) is 6.95. The van der Waals surface area contributed by atoms with Crippen LogP contribution in [0.4, 0.5) is 5.82 Å². The van der Waals surface area contributed by atoms with Crippen LogP contribution in [0.3, 0.4) is 0 Å². The fraction of sp³-hybridized carbons (Fsp3) is 0.542. The van der Waals surface area contributed by atoms with Crippen LogP contribution < -0.4 is 10.2 Å². The van der Waals surface area contributed by atoms with E-state index in [4.69, 9.17) is 4.43 Å². The highest BCUT2D eigenvalue weighted by Gasteiger charge is 2.41. The molecule has 1 saturated heterocycles. The van der Waals surface area contributed by atoms with Crippen LogP contribution in [0.15, 0.2) is 46.4 Å². The maximum absolute atomic E-state index is 13.5. The lowest BCUT2D eigenvalue weighted by molar-refractivity contribution is 0.138. The summed E-state index contributed by atoms with van der Waals surface area (Å²) in [6.45, 7) is 15.3. The second kappa shape index (κ2) is 8.68. The molecule has 1 aromatic carbocycles. The van der Waals surface area contributed by atoms with Gasteiger partial charge in [0.2, 0.25) is 0 Å². The summed E-state index contributed by atoms with van der Waals surface area (Å²) < 4.78 is 35.2. The number of hydrogen-bond acceptors (Lipinski definition) is 6. The smallest absolute Gasteiger partial charge is 0.269 e. The maximum Gasteiger partial charge on any atom is 0.269 e. The monoisotopic (exact) mass is 488 g/mol. The van der Waals surface area contributed by atoms with Gasteiger partial charge in [-0.1, -0.05) is 38.5 Å². The van der Waals surface area contributed by atoms with Crippen molar-refractivity contribution in [1.29, 1.82) is 0 Å². The second-order valence-corrected chi connectivity index (χ2v) is 17.3. The molecule has 0 amide bonds. The van der Waals surface area contributed by atoms with E-state index in [0.717, 1.165) is 30.6 Å². The average Bonchev–Trinajstić information content (AvgIpc) is 3.18. The Hall–Kier alpha value is -1.94. The minimum absolute atomic E-state index is 0.0894. The van der Waals surface area contributed by atoms with Crippen molar-refractivity contribution in [2.75, 3.05) is 24.7 Å². The van der Waals surface area contributed by atoms with E-state index in [-0.39, 0.29) is 22.1 Å². The molecule has 180 valence electrons. The van der Waals surface area contributed by atoms with Gasteiger partial charge in [0.05, 0.1) is 11.0 Å². The SMILES string of the molecule is Cc1ccc(S(=O)(=O)n2ccc3c2N([C@H]2CNC[C@@H](O[Si](C)(C)C(C)(C)C)C2)CN=C3)cc1. The van der Waals surface area contributed by atoms with Gasteiger partial charge in [-0.15, -0.1) is 0 Å². The van der Waals surface area contributed by atoms with Gasteiger partial charge in [0.25, 0.3) is 10.0 Å². The molecule has 1 fully saturated rings. The first kappa shape index (κ1) is 24.2. The molecule has 9 heteroatoms. The summed E-state index contributed by atoms with van der Waals surface area (Å²) in [4.78, 5) is 6.93. The number of anilines is 1. The van der Waals surface area contributed by atoms with Crippen LogP contribution in [-0.4, -0.2) is 58.8 Å². The Kier molecular flexibility index (Phi) is 6.37. The van der Waals surface area contributed by atoms with Crippen molar-refractivity contribution in [2.24, 2.45) is 4.99 Å². The Morgan fingerprint density at radius 2 is 1.82 bits per heavy atom. The lowest BCUT2D eigenvalue weighted by Crippen LogP contribution is -2.56. The number of nitrogens with one attached hydrogen (secondary N) is 1. The molecule has 0 radical (unpaired) electrons. The van der Waals surface area contributed by atoms with E-state index in [0.29, 0.717) is 12.5 Å². The van der Waals surface area contributed by atoms with Crippen molar-refractivity contribution < 1.29 is 12.8 Å². The molecule has 1 N–H and O–H groups in total. The highest BCUT2D eigenvalue weighted by Crippen LogP contribution is 2.38. The predicted octanol–water partition coefficient (Wildman–Crippen LogP) is 3.98. The van der Waals surface area contributed by atoms with E-state index in [1.807, 2.05) is 25.1 Å². The van der Waals surface area contributed by atoms with Gasteiger partial charge >= 0.3 is 0 Å². The largest absolute Gasteiger partial charge is 0.413 e. The van der Waals surface area contributed by atoms with Crippen LogP contribution >= 0.6 is 0 Å². The standard InChI is InChI=1S/C24H36N4O3SSi/c1-18-7-9-22(10-8-18)32(29,30)28-12-11-19-14-26-17-27(23(19)28)20-13-21(16-25-15-20)31-33(5,6)24(2,3)4/h7-12,14,20-21,25H,13,15-17H2,1-6H3/t20-,21+/m1/s1. The number of aromatic nitrogens is 1. The molecule has 0 unspecified atom stereocenters. The Labute approximate surface area is 199 Å². The molecule has 3 heterocycles. The molecule has 2 atom stereocenters. The minimum Gasteiger partial charge on any atom is -0.413 e. The molecule has 1 aromatic heterocycles. The molecule has 0 bridgehead atoms. The molecule has 2 aliphatic heterocycles. The van der Waals surface area contributed by atoms with E-state index in [1.165, 1.54) is 3.97 Å². The van der Waals surface area contributed by atoms with Gasteiger partial charge in [-0.25, -0.2) is 12.4 Å². The Balaban J connectivity index is 1.63. The molecule has 0 saturated carbocycles. The van der Waals surface area contributed by atoms with Gasteiger partial charge in [0, 0.05) is 37.1 Å². The average molecular weight is 489 g/mol. The normalized spacial score (nSPS) is 21.8. The fourth-order valence-electron chi connectivity index (χ4n) is 4.22. The molecule has 0 spiro atoms. The summed E-state index contributed by atoms with van der Waals surface area (Å²) in [6, 6.07) is 8.92. The topological polar surface area (TPSA) is 75.9 Å². The van der Waals surface area contributed by atoms with Gasteiger partial charge in [-0.2, -0.15) is 0 Å². The highest BCUT2D eigenvalue weighted by molar-refractivity contribution is 7.90. The molecular formula is C24H36N4O3SSi. The van der Waals surface area contributed by atoms with Crippen LogP contribution in [0.2, 0.25) is 18.1 Å². The number of benzene rings is 1. The van der Waals surface area contributed by atoms with E-state index in [2.05, 4.69) is 49.1 Å². The second-order valence-electron chi connectivity index (χ2n) is 10.7. The third-order valence-corrected chi connectivity index (χ3v) is 13.4. The van der Waals surface area contributed by atoms with E-state index >= 15 is 0 Å². The zero-order chi connectivity index (χ0) is 24.0. The van der Waals surface area contributed by atoms with Gasteiger partial charge in [0.1, 0.15) is 12.5 Å². The third kappa shape index (κ3) is 4.69. The molecule has 33 heavy (non-hydrogen) atoms. The maximum atomic E-state index is 13.5. The zero-order valence-electron chi connectivity index (χ0n) is 20.5. The summed E-state index contributed by atoms with van der Waals surface area (Å²) in [5.41, 5.74) is 1.85. The number of nitrogens with zero attached hydrogens (tertiary/aromatic N) is 3. The van der Waals surface area contributed by atoms with E-state index in [1.54, 1.807) is 24.5 Å². The number of rotatable bonds is 5. The molecule has 2 aromatic rings. The number of aliphatic imine (C=N–C) groups is 1. The summed E-state index contributed by atoms with van der Waals surface area (Å²) in [6.07, 6.45) is 4.34. The Morgan fingerprint density at radius 3 is 2.48 bits per heavy atom. The molecule has 2 aliphatic rings. The van der Waals surface area contributed by atoms with Crippen molar-refractivity contribution in [3.63, 3.8) is 0 Å². The van der Waals surface area contributed by atoms with E-state index < -0.39 is 18.3 Å². The van der Waals surface area contributed by atoms with Crippen LogP contribution in [0, 0.1) is 6.92 Å². The summed E-state index contributed by atoms with van der Waals surface area (Å²) in [7, 11) is -5.63. The highest BCUT2D eigenvalue weighted by atomic mass is 32.2. The lowest BCUT2D eigenvalue weighted by atomic mass is 10.0. The zero-order valence-corrected chi connectivity index (χ0v) is 22.3. The van der Waals surface area contributed by atoms with Crippen molar-refractivity contribution in [2.45, 2.75) is 69.3 Å². The molecular weight excluding hydrogens is 452 g/mol. The van der Waals surface area contributed by atoms with Crippen molar-refractivity contribution in [1.82, 2.24) is 9.29 Å². The first-order chi connectivity index (χ1) is 15.4. The Bertz CT molecular complexity index is 1130. The van der Waals surface area contributed by atoms with Crippen LogP contribution in [0.25, 0.3) is 0 Å². The summed E-state index contributed by atoms with van der Waals surface area (Å²) >= 11 is 0. The lowest BCUT2D eigenvalue weighted by Gasteiger charge is -2.44. The molecule has 7 nitrogen and oxygen atoms in total. The van der Waals surface area contributed by atoms with Crippen LogP contribution in [0.1, 0.15) is 38.3 Å². The van der Waals surface area contributed by atoms with Crippen LogP contribution in [0.5, 0.6) is 0 Å². The van der Waals surface area contributed by atoms with Crippen molar-refractivity contribution in [3.05, 3.63) is 47.7 Å². The van der Waals surface area contributed by atoms with Gasteiger partial charge < -0.3 is 14.6 Å². The van der Waals surface area contributed by atoms with Crippen LogP contribution in [-0.2, 0) is 14.4 Å². The van der Waals surface area contributed by atoms with Crippen molar-refractivity contribution >= 4 is 30.4 Å². The van der Waals surface area contributed by atoms with Crippen molar-refractivity contribution in [3.8, 4) is 0 Å². The minimum atomic E-state index is -3.72. The first-order valence-corrected chi connectivity index (χ1v) is 15.9. The molecule has 0 aliphatic carbocycles. The molecule has 4 rings (SSSR count). The van der Waals surface area contributed by atoms with Gasteiger partial charge in [0.15, 0.2) is 8.32 Å². The third-order valence-electron chi connectivity index (χ3n) is 7.17. The number of hydrogen-bond donors (Lipinski definition) is 1. The number of aryl methyl sites for hydroxylation is 1. The predicted molar refractivity (Wildman–Crippen MR) is 136 cm³/mol. The summed E-state index contributed by atoms with van der Waals surface area (Å²) in [5, 5.41) is 3.66. The van der Waals surface area contributed by atoms with Gasteiger partial charge in [-0.05, 0) is 49.7 Å². The number of piperidine rings is 1.